The number of hydrogen-bond acceptors (Lipinski definition) is 4. The van der Waals surface area contributed by atoms with Crippen molar-refractivity contribution >= 4 is 16.7 Å². The maximum atomic E-state index is 10.7. The molecule has 0 aliphatic rings. The maximum absolute atomic E-state index is 10.7. The Morgan fingerprint density at radius 2 is 1.95 bits per heavy atom. The number of benzene rings is 2. The van der Waals surface area contributed by atoms with Crippen LogP contribution in [-0.2, 0) is 6.42 Å². The highest BCUT2D eigenvalue weighted by atomic mass is 16.6. The van der Waals surface area contributed by atoms with Gasteiger partial charge in [-0.2, -0.15) is 0 Å². The van der Waals surface area contributed by atoms with Crippen molar-refractivity contribution in [2.45, 2.75) is 26.2 Å². The SMILES string of the molecule is CCCCc1cccc2c1nnn2-c1ccc([N+](=O)[O-])cc1. The van der Waals surface area contributed by atoms with Gasteiger partial charge in [0, 0.05) is 12.1 Å². The highest BCUT2D eigenvalue weighted by Gasteiger charge is 2.11. The number of fused-ring (bicyclic) bond motifs is 1. The second kappa shape index (κ2) is 5.93. The van der Waals surface area contributed by atoms with Crippen molar-refractivity contribution < 1.29 is 4.92 Å². The summed E-state index contributed by atoms with van der Waals surface area (Å²) in [6, 6.07) is 12.4. The Balaban J connectivity index is 2.02. The third-order valence-electron chi connectivity index (χ3n) is 3.67. The van der Waals surface area contributed by atoms with Gasteiger partial charge in [-0.15, -0.1) is 5.10 Å². The third-order valence-corrected chi connectivity index (χ3v) is 3.67. The van der Waals surface area contributed by atoms with E-state index in [0.29, 0.717) is 0 Å². The summed E-state index contributed by atoms with van der Waals surface area (Å²) in [5, 5.41) is 19.2. The zero-order valence-electron chi connectivity index (χ0n) is 12.3. The van der Waals surface area contributed by atoms with Gasteiger partial charge in [-0.3, -0.25) is 10.1 Å². The minimum Gasteiger partial charge on any atom is -0.258 e. The number of non-ortho nitro benzene ring substituents is 1. The monoisotopic (exact) mass is 296 g/mol. The van der Waals surface area contributed by atoms with Gasteiger partial charge in [0.15, 0.2) is 0 Å². The Morgan fingerprint density at radius 3 is 2.64 bits per heavy atom. The van der Waals surface area contributed by atoms with E-state index in [2.05, 4.69) is 23.3 Å². The number of nitro groups is 1. The summed E-state index contributed by atoms with van der Waals surface area (Å²) in [7, 11) is 0. The molecule has 0 aliphatic carbocycles. The lowest BCUT2D eigenvalue weighted by Gasteiger charge is -2.03. The first-order chi connectivity index (χ1) is 10.7. The van der Waals surface area contributed by atoms with Crippen LogP contribution in [0.2, 0.25) is 0 Å². The van der Waals surface area contributed by atoms with E-state index in [1.165, 1.54) is 17.7 Å². The van der Waals surface area contributed by atoms with Gasteiger partial charge in [0.1, 0.15) is 5.52 Å². The minimum absolute atomic E-state index is 0.0665. The van der Waals surface area contributed by atoms with Crippen LogP contribution < -0.4 is 0 Å². The van der Waals surface area contributed by atoms with Crippen molar-refractivity contribution in [3.63, 3.8) is 0 Å². The Labute approximate surface area is 127 Å². The minimum atomic E-state index is -0.411. The van der Waals surface area contributed by atoms with Crippen LogP contribution in [-0.4, -0.2) is 19.9 Å². The molecule has 0 fully saturated rings. The number of aryl methyl sites for hydroxylation is 1. The van der Waals surface area contributed by atoms with Gasteiger partial charge < -0.3 is 0 Å². The van der Waals surface area contributed by atoms with Gasteiger partial charge in [-0.25, -0.2) is 4.68 Å². The average molecular weight is 296 g/mol. The maximum Gasteiger partial charge on any atom is 0.269 e. The zero-order valence-corrected chi connectivity index (χ0v) is 12.3. The molecule has 0 saturated heterocycles. The largest absolute Gasteiger partial charge is 0.269 e. The quantitative estimate of drug-likeness (QED) is 0.532. The number of hydrogen-bond donors (Lipinski definition) is 0. The van der Waals surface area contributed by atoms with Crippen molar-refractivity contribution in [2.24, 2.45) is 0 Å². The smallest absolute Gasteiger partial charge is 0.258 e. The van der Waals surface area contributed by atoms with E-state index < -0.39 is 4.92 Å². The molecule has 0 N–H and O–H groups in total. The molecular weight excluding hydrogens is 280 g/mol. The number of unbranched alkanes of at least 4 members (excludes halogenated alkanes) is 1. The molecule has 0 bridgehead atoms. The first-order valence-electron chi connectivity index (χ1n) is 7.29. The van der Waals surface area contributed by atoms with Crippen molar-refractivity contribution in [3.8, 4) is 5.69 Å². The average Bonchev–Trinajstić information content (AvgIpc) is 2.97. The number of nitrogens with zero attached hydrogens (tertiary/aromatic N) is 4. The summed E-state index contributed by atoms with van der Waals surface area (Å²) in [4.78, 5) is 10.3. The highest BCUT2D eigenvalue weighted by molar-refractivity contribution is 5.79. The van der Waals surface area contributed by atoms with Gasteiger partial charge in [-0.1, -0.05) is 30.7 Å². The van der Waals surface area contributed by atoms with Gasteiger partial charge in [0.2, 0.25) is 0 Å². The fourth-order valence-corrected chi connectivity index (χ4v) is 2.48. The fraction of sp³-hybridized carbons (Fsp3) is 0.250. The third kappa shape index (κ3) is 2.55. The molecule has 3 rings (SSSR count). The van der Waals surface area contributed by atoms with E-state index in [4.69, 9.17) is 0 Å². The topological polar surface area (TPSA) is 73.8 Å². The fourth-order valence-electron chi connectivity index (χ4n) is 2.48. The standard InChI is InChI=1S/C16H16N4O2/c1-2-3-5-12-6-4-7-15-16(12)17-18-19(15)13-8-10-14(11-9-13)20(21)22/h4,6-11H,2-3,5H2,1H3. The Kier molecular flexibility index (Phi) is 3.82. The molecule has 0 aliphatic heterocycles. The lowest BCUT2D eigenvalue weighted by molar-refractivity contribution is -0.384. The van der Waals surface area contributed by atoms with Crippen LogP contribution in [0.3, 0.4) is 0 Å². The molecule has 1 aromatic heterocycles. The molecule has 112 valence electrons. The molecule has 0 atom stereocenters. The van der Waals surface area contributed by atoms with Gasteiger partial charge in [-0.05, 0) is 36.6 Å². The normalized spacial score (nSPS) is 11.0. The van der Waals surface area contributed by atoms with Crippen LogP contribution in [0.1, 0.15) is 25.3 Å². The van der Waals surface area contributed by atoms with Gasteiger partial charge in [0.25, 0.3) is 5.69 Å². The molecule has 6 nitrogen and oxygen atoms in total. The predicted molar refractivity (Wildman–Crippen MR) is 84.1 cm³/mol. The predicted octanol–water partition coefficient (Wildman–Crippen LogP) is 3.67. The molecule has 1 heterocycles. The molecule has 0 unspecified atom stereocenters. The summed E-state index contributed by atoms with van der Waals surface area (Å²) in [6.07, 6.45) is 3.23. The van der Waals surface area contributed by atoms with Crippen LogP contribution in [0.25, 0.3) is 16.7 Å². The summed E-state index contributed by atoms with van der Waals surface area (Å²) in [6.45, 7) is 2.16. The van der Waals surface area contributed by atoms with Gasteiger partial charge >= 0.3 is 0 Å². The molecular formula is C16H16N4O2. The molecule has 3 aromatic rings. The Bertz CT molecular complexity index is 809. The first-order valence-corrected chi connectivity index (χ1v) is 7.29. The molecule has 2 aromatic carbocycles. The van der Waals surface area contributed by atoms with Crippen molar-refractivity contribution in [3.05, 3.63) is 58.1 Å². The second-order valence-corrected chi connectivity index (χ2v) is 5.16. The second-order valence-electron chi connectivity index (χ2n) is 5.16. The van der Waals surface area contributed by atoms with E-state index in [-0.39, 0.29) is 5.69 Å². The van der Waals surface area contributed by atoms with E-state index in [0.717, 1.165) is 36.0 Å². The van der Waals surface area contributed by atoms with Crippen LogP contribution in [0, 0.1) is 10.1 Å². The molecule has 0 amide bonds. The molecule has 0 radical (unpaired) electrons. The van der Waals surface area contributed by atoms with Gasteiger partial charge in [0.05, 0.1) is 16.1 Å². The zero-order chi connectivity index (χ0) is 15.5. The lowest BCUT2D eigenvalue weighted by Crippen LogP contribution is -1.97. The summed E-state index contributed by atoms with van der Waals surface area (Å²) in [5.74, 6) is 0. The highest BCUT2D eigenvalue weighted by Crippen LogP contribution is 2.22. The van der Waals surface area contributed by atoms with Crippen LogP contribution in [0.15, 0.2) is 42.5 Å². The van der Waals surface area contributed by atoms with E-state index >= 15 is 0 Å². The van der Waals surface area contributed by atoms with Crippen molar-refractivity contribution in [1.29, 1.82) is 0 Å². The molecule has 0 spiro atoms. The molecule has 0 saturated carbocycles. The first kappa shape index (κ1) is 14.2. The van der Waals surface area contributed by atoms with Crippen molar-refractivity contribution in [2.75, 3.05) is 0 Å². The van der Waals surface area contributed by atoms with E-state index in [1.807, 2.05) is 12.1 Å². The van der Waals surface area contributed by atoms with Crippen LogP contribution >= 0.6 is 0 Å². The summed E-state index contributed by atoms with van der Waals surface area (Å²) < 4.78 is 1.72. The molecule has 6 heteroatoms. The van der Waals surface area contributed by atoms with E-state index in [1.54, 1.807) is 16.8 Å². The summed E-state index contributed by atoms with van der Waals surface area (Å²) in [5.41, 5.74) is 3.84. The van der Waals surface area contributed by atoms with Crippen molar-refractivity contribution in [1.82, 2.24) is 15.0 Å². The number of nitro benzene ring substituents is 1. The lowest BCUT2D eigenvalue weighted by atomic mass is 10.1. The van der Waals surface area contributed by atoms with Crippen LogP contribution in [0.5, 0.6) is 0 Å². The Hall–Kier alpha value is -2.76. The summed E-state index contributed by atoms with van der Waals surface area (Å²) >= 11 is 0. The number of rotatable bonds is 5. The van der Waals surface area contributed by atoms with Crippen LogP contribution in [0.4, 0.5) is 5.69 Å². The number of aromatic nitrogens is 3. The molecule has 22 heavy (non-hydrogen) atoms. The van der Waals surface area contributed by atoms with E-state index in [9.17, 15) is 10.1 Å². The Morgan fingerprint density at radius 1 is 1.18 bits per heavy atom.